The summed E-state index contributed by atoms with van der Waals surface area (Å²) in [7, 11) is 0. The number of carbonyl (C=O) groups is 2. The summed E-state index contributed by atoms with van der Waals surface area (Å²) in [4.78, 5) is 29.5. The average molecular weight is 587 g/mol. The fraction of sp³-hybridized carbons (Fsp3) is 0.321. The van der Waals surface area contributed by atoms with Crippen LogP contribution in [0.1, 0.15) is 40.7 Å². The van der Waals surface area contributed by atoms with Gasteiger partial charge in [0.1, 0.15) is 5.75 Å². The van der Waals surface area contributed by atoms with Gasteiger partial charge >= 0.3 is 6.09 Å². The molecule has 0 saturated carbocycles. The molecular formula is C28H30N10O5. The number of benzene rings is 2. The van der Waals surface area contributed by atoms with Crippen LogP contribution < -0.4 is 20.8 Å². The Morgan fingerprint density at radius 3 is 2.63 bits per heavy atom. The van der Waals surface area contributed by atoms with Crippen molar-refractivity contribution in [1.82, 2.24) is 35.6 Å². The molecule has 15 nitrogen and oxygen atoms in total. The van der Waals surface area contributed by atoms with Crippen molar-refractivity contribution in [2.75, 3.05) is 43.5 Å². The highest BCUT2D eigenvalue weighted by Gasteiger charge is 2.27. The number of anilines is 2. The number of hydrogen-bond acceptors (Lipinski definition) is 12. The molecule has 3 N–H and O–H groups in total. The first-order chi connectivity index (χ1) is 21.0. The van der Waals surface area contributed by atoms with Gasteiger partial charge in [-0.25, -0.2) is 14.8 Å². The molecule has 4 heterocycles. The highest BCUT2D eigenvalue weighted by atomic mass is 16.6. The molecule has 2 aromatic heterocycles. The lowest BCUT2D eigenvalue weighted by molar-refractivity contribution is 0.0416. The Hall–Kier alpha value is -5.31. The topological polar surface area (TPSA) is 179 Å². The summed E-state index contributed by atoms with van der Waals surface area (Å²) >= 11 is 0. The van der Waals surface area contributed by atoms with Crippen molar-refractivity contribution in [3.63, 3.8) is 0 Å². The van der Waals surface area contributed by atoms with E-state index in [0.29, 0.717) is 50.0 Å². The smallest absolute Gasteiger partial charge is 0.410 e. The van der Waals surface area contributed by atoms with Crippen molar-refractivity contribution >= 4 is 29.2 Å². The van der Waals surface area contributed by atoms with Gasteiger partial charge in [-0.15, -0.1) is 5.10 Å². The minimum Gasteiger partial charge on any atom is -0.410 e. The molecule has 2 amide bonds. The van der Waals surface area contributed by atoms with E-state index in [2.05, 4.69) is 48.2 Å². The first-order valence-corrected chi connectivity index (χ1v) is 13.8. The van der Waals surface area contributed by atoms with E-state index in [9.17, 15) is 9.59 Å². The van der Waals surface area contributed by atoms with E-state index >= 15 is 0 Å². The number of hydrogen-bond donors (Lipinski definition) is 2. The maximum atomic E-state index is 13.4. The minimum atomic E-state index is -0.558. The molecule has 2 aliphatic heterocycles. The Morgan fingerprint density at radius 1 is 1.07 bits per heavy atom. The van der Waals surface area contributed by atoms with Crippen molar-refractivity contribution in [2.24, 2.45) is 5.10 Å². The van der Waals surface area contributed by atoms with E-state index in [1.54, 1.807) is 36.1 Å². The molecule has 43 heavy (non-hydrogen) atoms. The molecule has 4 aromatic rings. The van der Waals surface area contributed by atoms with Crippen LogP contribution in [0.4, 0.5) is 16.3 Å². The van der Waals surface area contributed by atoms with Crippen LogP contribution in [0.15, 0.2) is 58.3 Å². The fourth-order valence-electron chi connectivity index (χ4n) is 5.01. The minimum absolute atomic E-state index is 0.0186. The number of nitrogens with zero attached hydrogens (tertiary/aromatic N) is 8. The summed E-state index contributed by atoms with van der Waals surface area (Å²) in [6, 6.07) is 15.0. The standard InChI is InChI=1S/C28H30N10O5/c1-18(19-8-10-21(11-9-19)42-28(40)36-13-15-41-16-14-36)30-32-27(39)24-23(38(35-31-24)26-25(29)33-43-34-26)17-37-12-4-6-20-5-2-3-7-22(20)37/h2-3,5,7-11H,4,6,12-17H2,1H3,(H2,29,33)(H,32,39). The zero-order valence-corrected chi connectivity index (χ0v) is 23.5. The SMILES string of the molecule is CC(=NNC(=O)c1nnn(-c2nonc2N)c1CN1CCCc2ccccc21)c1ccc(OC(=O)N2CCOCC2)cc1. The Morgan fingerprint density at radius 2 is 1.86 bits per heavy atom. The van der Waals surface area contributed by atoms with Crippen LogP contribution in [0.5, 0.6) is 5.75 Å². The summed E-state index contributed by atoms with van der Waals surface area (Å²) in [6.45, 7) is 4.81. The molecule has 0 radical (unpaired) electrons. The van der Waals surface area contributed by atoms with Crippen LogP contribution in [0.2, 0.25) is 0 Å². The maximum Gasteiger partial charge on any atom is 0.415 e. The second kappa shape index (κ2) is 12.3. The lowest BCUT2D eigenvalue weighted by Gasteiger charge is -2.31. The number of aryl methyl sites for hydroxylation is 1. The molecule has 2 aliphatic rings. The number of nitrogens with one attached hydrogen (secondary N) is 1. The van der Waals surface area contributed by atoms with Gasteiger partial charge in [-0.1, -0.05) is 23.4 Å². The Bertz CT molecular complexity index is 1640. The summed E-state index contributed by atoms with van der Waals surface area (Å²) in [6.07, 6.45) is 1.51. The van der Waals surface area contributed by atoms with Crippen LogP contribution in [0.3, 0.4) is 0 Å². The Labute approximate surface area is 246 Å². The number of nitrogen functional groups attached to an aromatic ring is 1. The van der Waals surface area contributed by atoms with E-state index in [0.717, 1.165) is 30.6 Å². The van der Waals surface area contributed by atoms with Crippen molar-refractivity contribution in [3.05, 3.63) is 71.0 Å². The number of carbonyl (C=O) groups excluding carboxylic acids is 2. The number of ether oxygens (including phenoxy) is 2. The molecule has 15 heteroatoms. The van der Waals surface area contributed by atoms with Gasteiger partial charge in [-0.2, -0.15) is 9.78 Å². The molecular weight excluding hydrogens is 556 g/mol. The van der Waals surface area contributed by atoms with Crippen molar-refractivity contribution in [1.29, 1.82) is 0 Å². The molecule has 0 atom stereocenters. The van der Waals surface area contributed by atoms with Gasteiger partial charge in [0.25, 0.3) is 5.91 Å². The predicted octanol–water partition coefficient (Wildman–Crippen LogP) is 2.17. The van der Waals surface area contributed by atoms with Crippen molar-refractivity contribution in [3.8, 4) is 11.6 Å². The van der Waals surface area contributed by atoms with Crippen LogP contribution >= 0.6 is 0 Å². The number of rotatable bonds is 7. The van der Waals surface area contributed by atoms with Crippen LogP contribution in [0, 0.1) is 0 Å². The average Bonchev–Trinajstić information content (AvgIpc) is 3.66. The van der Waals surface area contributed by atoms with E-state index < -0.39 is 12.0 Å². The van der Waals surface area contributed by atoms with Crippen LogP contribution in [0.25, 0.3) is 5.82 Å². The summed E-state index contributed by atoms with van der Waals surface area (Å²) < 4.78 is 16.9. The van der Waals surface area contributed by atoms with E-state index in [1.807, 2.05) is 12.1 Å². The summed E-state index contributed by atoms with van der Waals surface area (Å²) in [5.41, 5.74) is 12.6. The summed E-state index contributed by atoms with van der Waals surface area (Å²) in [5, 5.41) is 20.1. The number of fused-ring (bicyclic) bond motifs is 1. The van der Waals surface area contributed by atoms with Gasteiger partial charge in [0.05, 0.1) is 31.2 Å². The van der Waals surface area contributed by atoms with Crippen LogP contribution in [-0.2, 0) is 17.7 Å². The van der Waals surface area contributed by atoms with Crippen molar-refractivity contribution in [2.45, 2.75) is 26.3 Å². The molecule has 1 saturated heterocycles. The van der Waals surface area contributed by atoms with Crippen molar-refractivity contribution < 1.29 is 23.7 Å². The first-order valence-electron chi connectivity index (χ1n) is 13.8. The number of nitrogens with two attached hydrogens (primary N) is 1. The zero-order valence-electron chi connectivity index (χ0n) is 23.5. The lowest BCUT2D eigenvalue weighted by atomic mass is 10.0. The number of morpholine rings is 1. The second-order valence-electron chi connectivity index (χ2n) is 10.1. The lowest BCUT2D eigenvalue weighted by Crippen LogP contribution is -2.42. The molecule has 2 aromatic carbocycles. The molecule has 0 aliphatic carbocycles. The van der Waals surface area contributed by atoms with Gasteiger partial charge in [-0.05, 0) is 71.5 Å². The predicted molar refractivity (Wildman–Crippen MR) is 154 cm³/mol. The van der Waals surface area contributed by atoms with Gasteiger partial charge in [0, 0.05) is 25.3 Å². The highest BCUT2D eigenvalue weighted by molar-refractivity contribution is 6.00. The molecule has 6 rings (SSSR count). The maximum absolute atomic E-state index is 13.4. The van der Waals surface area contributed by atoms with Gasteiger partial charge in [0.15, 0.2) is 5.69 Å². The number of para-hydroxylation sites is 1. The van der Waals surface area contributed by atoms with E-state index in [1.165, 1.54) is 10.2 Å². The van der Waals surface area contributed by atoms with E-state index in [-0.39, 0.29) is 17.3 Å². The molecule has 1 fully saturated rings. The second-order valence-corrected chi connectivity index (χ2v) is 10.1. The van der Waals surface area contributed by atoms with Gasteiger partial charge in [0.2, 0.25) is 11.6 Å². The molecule has 0 spiro atoms. The first kappa shape index (κ1) is 27.8. The normalized spacial score (nSPS) is 15.2. The Balaban J connectivity index is 1.18. The zero-order chi connectivity index (χ0) is 29.8. The monoisotopic (exact) mass is 586 g/mol. The summed E-state index contributed by atoms with van der Waals surface area (Å²) in [5.74, 6) is 0.00208. The van der Waals surface area contributed by atoms with Gasteiger partial charge < -0.3 is 25.0 Å². The third-order valence-electron chi connectivity index (χ3n) is 7.29. The van der Waals surface area contributed by atoms with E-state index in [4.69, 9.17) is 19.8 Å². The number of aromatic nitrogens is 5. The molecule has 0 unspecified atom stereocenters. The third kappa shape index (κ3) is 6.01. The third-order valence-corrected chi connectivity index (χ3v) is 7.29. The molecule has 0 bridgehead atoms. The largest absolute Gasteiger partial charge is 0.415 e. The number of amides is 2. The highest BCUT2D eigenvalue weighted by Crippen LogP contribution is 2.29. The van der Waals surface area contributed by atoms with Crippen LogP contribution in [-0.4, -0.2) is 80.8 Å². The fourth-order valence-corrected chi connectivity index (χ4v) is 5.01. The Kier molecular flexibility index (Phi) is 7.95. The molecule has 222 valence electrons. The quantitative estimate of drug-likeness (QED) is 0.239. The van der Waals surface area contributed by atoms with Gasteiger partial charge in [-0.3, -0.25) is 4.79 Å². The number of hydrazone groups is 1.